The van der Waals surface area contributed by atoms with Crippen LogP contribution >= 0.6 is 0 Å². The lowest BCUT2D eigenvalue weighted by Gasteiger charge is -2.24. The molecular weight excluding hydrogens is 294 g/mol. The molecule has 1 amide bonds. The third-order valence-corrected chi connectivity index (χ3v) is 6.03. The summed E-state index contributed by atoms with van der Waals surface area (Å²) in [6, 6.07) is 0.522. The lowest BCUT2D eigenvalue weighted by molar-refractivity contribution is -0.144. The highest BCUT2D eigenvalue weighted by Crippen LogP contribution is 2.20. The van der Waals surface area contributed by atoms with Gasteiger partial charge in [-0.3, -0.25) is 9.59 Å². The molecule has 0 fully saturated rings. The van der Waals surface area contributed by atoms with E-state index in [9.17, 15) is 14.7 Å². The van der Waals surface area contributed by atoms with Crippen molar-refractivity contribution in [2.75, 3.05) is 21.3 Å². The second-order valence-electron chi connectivity index (χ2n) is 5.15. The Morgan fingerprint density at radius 3 is 2.05 bits per heavy atom. The number of hydrogen-bond donors (Lipinski definition) is 2. The molecule has 0 aliphatic rings. The van der Waals surface area contributed by atoms with Crippen LogP contribution in [-0.2, 0) is 22.9 Å². The number of carboxylic acid groups (broad SMARTS) is 1. The lowest BCUT2D eigenvalue weighted by atomic mass is 9.99. The molecule has 0 radical (unpaired) electrons. The van der Waals surface area contributed by atoms with Gasteiger partial charge in [0, 0.05) is 39.8 Å². The van der Waals surface area contributed by atoms with Crippen molar-refractivity contribution in [3.63, 3.8) is 0 Å². The number of rotatable bonds is 11. The number of carbonyl (C=O) groups excluding carboxylic acids is 1. The Bertz CT molecular complexity index is 324. The molecule has 0 aromatic rings. The van der Waals surface area contributed by atoms with Crippen molar-refractivity contribution in [2.45, 2.75) is 45.2 Å². The second kappa shape index (κ2) is 9.88. The monoisotopic (exact) mass is 321 g/mol. The van der Waals surface area contributed by atoms with Gasteiger partial charge in [-0.05, 0) is 26.7 Å². The van der Waals surface area contributed by atoms with Crippen LogP contribution in [0.1, 0.15) is 33.1 Å². The largest absolute Gasteiger partial charge is 0.500 e. The minimum absolute atomic E-state index is 0.00229. The van der Waals surface area contributed by atoms with Crippen molar-refractivity contribution in [2.24, 2.45) is 5.92 Å². The van der Waals surface area contributed by atoms with Crippen molar-refractivity contribution in [1.29, 1.82) is 0 Å². The van der Waals surface area contributed by atoms with Gasteiger partial charge in [-0.1, -0.05) is 0 Å². The normalized spacial score (nSPS) is 13.2. The summed E-state index contributed by atoms with van der Waals surface area (Å²) in [6.07, 6.45) is 0.925. The zero-order valence-corrected chi connectivity index (χ0v) is 14.5. The van der Waals surface area contributed by atoms with Crippen LogP contribution in [0.15, 0.2) is 0 Å². The van der Waals surface area contributed by atoms with Gasteiger partial charge in [0.1, 0.15) is 0 Å². The average Bonchev–Trinajstić information content (AvgIpc) is 2.42. The summed E-state index contributed by atoms with van der Waals surface area (Å²) >= 11 is 0. The van der Waals surface area contributed by atoms with E-state index in [-0.39, 0.29) is 18.4 Å². The Morgan fingerprint density at radius 1 is 1.14 bits per heavy atom. The summed E-state index contributed by atoms with van der Waals surface area (Å²) in [5.74, 6) is -1.92. The van der Waals surface area contributed by atoms with Crippen molar-refractivity contribution in [1.82, 2.24) is 5.32 Å². The zero-order chi connectivity index (χ0) is 16.5. The molecule has 124 valence electrons. The van der Waals surface area contributed by atoms with E-state index in [1.54, 1.807) is 0 Å². The Labute approximate surface area is 127 Å². The van der Waals surface area contributed by atoms with Gasteiger partial charge in [-0.25, -0.2) is 0 Å². The molecular formula is C13H27NO6Si. The first-order chi connectivity index (χ1) is 9.80. The number of aliphatic carboxylic acids is 1. The number of hydrogen-bond acceptors (Lipinski definition) is 5. The fraction of sp³-hybridized carbons (Fsp3) is 0.846. The molecule has 0 aromatic heterocycles. The summed E-state index contributed by atoms with van der Waals surface area (Å²) in [6.45, 7) is 3.67. The Balaban J connectivity index is 4.40. The summed E-state index contributed by atoms with van der Waals surface area (Å²) in [5.41, 5.74) is 0. The SMILES string of the molecule is CO[Si](CCCC(CC(=O)NC(C)C)C(=O)O)(OC)OC. The van der Waals surface area contributed by atoms with E-state index in [0.29, 0.717) is 18.9 Å². The topological polar surface area (TPSA) is 94.1 Å². The molecule has 0 saturated carbocycles. The smallest absolute Gasteiger partial charge is 0.481 e. The van der Waals surface area contributed by atoms with Crippen molar-refractivity contribution >= 4 is 20.7 Å². The fourth-order valence-electron chi connectivity index (χ4n) is 2.04. The Kier molecular flexibility index (Phi) is 9.43. The molecule has 0 aromatic carbocycles. The standard InChI is InChI=1S/C13H27NO6Si/c1-10(2)14-12(15)9-11(13(16)17)7-6-8-21(18-3,19-4)20-5/h10-11H,6-9H2,1-5H3,(H,14,15)(H,16,17). The molecule has 0 aliphatic carbocycles. The molecule has 1 unspecified atom stereocenters. The van der Waals surface area contributed by atoms with Crippen LogP contribution in [0.4, 0.5) is 0 Å². The van der Waals surface area contributed by atoms with E-state index in [0.717, 1.165) is 0 Å². The number of carbonyl (C=O) groups is 2. The van der Waals surface area contributed by atoms with Gasteiger partial charge in [0.05, 0.1) is 5.92 Å². The molecule has 0 spiro atoms. The maximum absolute atomic E-state index is 11.7. The second-order valence-corrected chi connectivity index (χ2v) is 8.24. The van der Waals surface area contributed by atoms with E-state index in [1.165, 1.54) is 21.3 Å². The zero-order valence-electron chi connectivity index (χ0n) is 13.5. The number of amides is 1. The van der Waals surface area contributed by atoms with Crippen molar-refractivity contribution in [3.05, 3.63) is 0 Å². The number of carboxylic acids is 1. The van der Waals surface area contributed by atoms with E-state index < -0.39 is 20.7 Å². The molecule has 21 heavy (non-hydrogen) atoms. The summed E-state index contributed by atoms with van der Waals surface area (Å²) in [7, 11) is 1.87. The minimum atomic E-state index is -2.68. The predicted octanol–water partition coefficient (Wildman–Crippen LogP) is 1.26. The van der Waals surface area contributed by atoms with Gasteiger partial charge in [0.15, 0.2) is 0 Å². The molecule has 0 saturated heterocycles. The third kappa shape index (κ3) is 7.56. The summed E-state index contributed by atoms with van der Waals surface area (Å²) < 4.78 is 15.8. The summed E-state index contributed by atoms with van der Waals surface area (Å²) in [5, 5.41) is 11.9. The Hall–Kier alpha value is -0.963. The van der Waals surface area contributed by atoms with Gasteiger partial charge in [0.25, 0.3) is 0 Å². The van der Waals surface area contributed by atoms with Crippen molar-refractivity contribution < 1.29 is 28.0 Å². The molecule has 2 N–H and O–H groups in total. The predicted molar refractivity (Wildman–Crippen MR) is 79.8 cm³/mol. The molecule has 0 rings (SSSR count). The van der Waals surface area contributed by atoms with Crippen molar-refractivity contribution in [3.8, 4) is 0 Å². The van der Waals surface area contributed by atoms with Crippen LogP contribution in [0.5, 0.6) is 0 Å². The number of nitrogens with one attached hydrogen (secondary N) is 1. The van der Waals surface area contributed by atoms with Crippen LogP contribution in [0, 0.1) is 5.92 Å². The molecule has 8 heteroatoms. The molecule has 0 aliphatic heterocycles. The highest BCUT2D eigenvalue weighted by molar-refractivity contribution is 6.60. The fourth-order valence-corrected chi connectivity index (χ4v) is 3.79. The van der Waals surface area contributed by atoms with E-state index >= 15 is 0 Å². The molecule has 0 bridgehead atoms. The van der Waals surface area contributed by atoms with E-state index in [4.69, 9.17) is 13.3 Å². The van der Waals surface area contributed by atoms with Gasteiger partial charge in [-0.15, -0.1) is 0 Å². The summed E-state index contributed by atoms with van der Waals surface area (Å²) in [4.78, 5) is 22.9. The van der Waals surface area contributed by atoms with Crippen LogP contribution in [-0.4, -0.2) is 53.2 Å². The third-order valence-electron chi connectivity index (χ3n) is 3.20. The van der Waals surface area contributed by atoms with Gasteiger partial charge >= 0.3 is 14.8 Å². The Morgan fingerprint density at radius 2 is 1.67 bits per heavy atom. The van der Waals surface area contributed by atoms with E-state index in [2.05, 4.69) is 5.32 Å². The minimum Gasteiger partial charge on any atom is -0.481 e. The highest BCUT2D eigenvalue weighted by Gasteiger charge is 2.37. The first-order valence-electron chi connectivity index (χ1n) is 6.97. The van der Waals surface area contributed by atoms with Gasteiger partial charge in [-0.2, -0.15) is 0 Å². The lowest BCUT2D eigenvalue weighted by Crippen LogP contribution is -2.42. The first-order valence-corrected chi connectivity index (χ1v) is 8.91. The van der Waals surface area contributed by atoms with Crippen LogP contribution < -0.4 is 5.32 Å². The van der Waals surface area contributed by atoms with E-state index in [1.807, 2.05) is 13.8 Å². The highest BCUT2D eigenvalue weighted by atomic mass is 28.4. The molecule has 0 heterocycles. The maximum atomic E-state index is 11.7. The van der Waals surface area contributed by atoms with Gasteiger partial charge in [0.2, 0.25) is 5.91 Å². The van der Waals surface area contributed by atoms with Gasteiger partial charge < -0.3 is 23.7 Å². The first kappa shape index (κ1) is 20.0. The quantitative estimate of drug-likeness (QED) is 0.556. The van der Waals surface area contributed by atoms with Crippen LogP contribution in [0.3, 0.4) is 0 Å². The average molecular weight is 321 g/mol. The van der Waals surface area contributed by atoms with Crippen LogP contribution in [0.2, 0.25) is 6.04 Å². The van der Waals surface area contributed by atoms with Crippen LogP contribution in [0.25, 0.3) is 0 Å². The molecule has 1 atom stereocenters. The maximum Gasteiger partial charge on any atom is 0.500 e. The molecule has 7 nitrogen and oxygen atoms in total.